The van der Waals surface area contributed by atoms with Gasteiger partial charge in [-0.2, -0.15) is 0 Å². The van der Waals surface area contributed by atoms with Crippen LogP contribution in [0.3, 0.4) is 0 Å². The highest BCUT2D eigenvalue weighted by Crippen LogP contribution is 2.23. The number of amides is 2. The van der Waals surface area contributed by atoms with Crippen molar-refractivity contribution in [3.63, 3.8) is 0 Å². The molecule has 0 radical (unpaired) electrons. The van der Waals surface area contributed by atoms with Gasteiger partial charge < -0.3 is 20.4 Å². The summed E-state index contributed by atoms with van der Waals surface area (Å²) in [5.74, 6) is -1.05. The number of halogens is 1. The standard InChI is InChI=1S/C13H15ClN2O4/c14-9-1-2-10(12(18)19)11(5-9)15-13(20)16-4-3-8(6-16)7-17/h1-2,5,8,17H,3-4,6-7H2,(H,15,20)(H,18,19). The highest BCUT2D eigenvalue weighted by Gasteiger charge is 2.26. The van der Waals surface area contributed by atoms with E-state index < -0.39 is 5.97 Å². The average Bonchev–Trinajstić information content (AvgIpc) is 2.87. The van der Waals surface area contributed by atoms with Gasteiger partial charge in [0.1, 0.15) is 0 Å². The summed E-state index contributed by atoms with van der Waals surface area (Å²) in [6.45, 7) is 1.05. The van der Waals surface area contributed by atoms with E-state index in [0.717, 1.165) is 6.42 Å². The number of likely N-dealkylation sites (tertiary alicyclic amines) is 1. The predicted octanol–water partition coefficient (Wildman–Crippen LogP) is 1.88. The Balaban J connectivity index is 2.11. The van der Waals surface area contributed by atoms with Crippen molar-refractivity contribution in [3.05, 3.63) is 28.8 Å². The van der Waals surface area contributed by atoms with Crippen LogP contribution in [0.2, 0.25) is 5.02 Å². The fourth-order valence-corrected chi connectivity index (χ4v) is 2.34. The van der Waals surface area contributed by atoms with E-state index in [-0.39, 0.29) is 29.8 Å². The topological polar surface area (TPSA) is 89.9 Å². The number of carbonyl (C=O) groups excluding carboxylic acids is 1. The Hall–Kier alpha value is -1.79. The molecule has 6 nitrogen and oxygen atoms in total. The van der Waals surface area contributed by atoms with Crippen molar-refractivity contribution in [2.45, 2.75) is 6.42 Å². The van der Waals surface area contributed by atoms with Crippen LogP contribution >= 0.6 is 11.6 Å². The Morgan fingerprint density at radius 1 is 1.45 bits per heavy atom. The maximum atomic E-state index is 12.1. The van der Waals surface area contributed by atoms with Gasteiger partial charge in [0.25, 0.3) is 0 Å². The molecule has 20 heavy (non-hydrogen) atoms. The van der Waals surface area contributed by atoms with E-state index in [2.05, 4.69) is 5.32 Å². The predicted molar refractivity (Wildman–Crippen MR) is 74.2 cm³/mol. The van der Waals surface area contributed by atoms with E-state index >= 15 is 0 Å². The van der Waals surface area contributed by atoms with Crippen LogP contribution in [-0.4, -0.2) is 46.8 Å². The molecule has 1 aliphatic heterocycles. The van der Waals surface area contributed by atoms with Crippen LogP contribution in [0.1, 0.15) is 16.8 Å². The number of nitrogens with zero attached hydrogens (tertiary/aromatic N) is 1. The van der Waals surface area contributed by atoms with Crippen molar-refractivity contribution >= 4 is 29.3 Å². The Bertz CT molecular complexity index is 535. The second-order valence-electron chi connectivity index (χ2n) is 4.71. The summed E-state index contributed by atoms with van der Waals surface area (Å²) in [7, 11) is 0. The number of urea groups is 1. The zero-order valence-electron chi connectivity index (χ0n) is 10.7. The third kappa shape index (κ3) is 3.20. The number of carboxylic acid groups (broad SMARTS) is 1. The fourth-order valence-electron chi connectivity index (χ4n) is 2.17. The Kier molecular flexibility index (Phi) is 4.46. The summed E-state index contributed by atoms with van der Waals surface area (Å²) >= 11 is 5.82. The van der Waals surface area contributed by atoms with E-state index in [0.29, 0.717) is 18.1 Å². The number of hydrogen-bond acceptors (Lipinski definition) is 3. The number of aliphatic hydroxyl groups excluding tert-OH is 1. The molecule has 1 saturated heterocycles. The maximum absolute atomic E-state index is 12.1. The number of benzene rings is 1. The summed E-state index contributed by atoms with van der Waals surface area (Å²) in [4.78, 5) is 24.7. The monoisotopic (exact) mass is 298 g/mol. The van der Waals surface area contributed by atoms with Crippen LogP contribution in [-0.2, 0) is 0 Å². The number of aromatic carboxylic acids is 1. The van der Waals surface area contributed by atoms with Crippen LogP contribution in [0.5, 0.6) is 0 Å². The molecule has 7 heteroatoms. The first-order valence-corrected chi connectivity index (χ1v) is 6.58. The maximum Gasteiger partial charge on any atom is 0.337 e. The molecule has 3 N–H and O–H groups in total. The minimum atomic E-state index is -1.13. The molecule has 1 aromatic rings. The molecule has 1 unspecified atom stereocenters. The zero-order chi connectivity index (χ0) is 14.7. The van der Waals surface area contributed by atoms with Crippen LogP contribution in [0.25, 0.3) is 0 Å². The van der Waals surface area contributed by atoms with E-state index in [1.807, 2.05) is 0 Å². The van der Waals surface area contributed by atoms with E-state index in [9.17, 15) is 9.59 Å². The van der Waals surface area contributed by atoms with E-state index in [1.165, 1.54) is 18.2 Å². The lowest BCUT2D eigenvalue weighted by atomic mass is 10.1. The number of anilines is 1. The van der Waals surface area contributed by atoms with E-state index in [1.54, 1.807) is 4.90 Å². The van der Waals surface area contributed by atoms with Gasteiger partial charge >= 0.3 is 12.0 Å². The van der Waals surface area contributed by atoms with Gasteiger partial charge in [0, 0.05) is 30.6 Å². The van der Waals surface area contributed by atoms with Gasteiger partial charge in [0.05, 0.1) is 11.3 Å². The first-order chi connectivity index (χ1) is 9.51. The van der Waals surface area contributed by atoms with Gasteiger partial charge in [0.2, 0.25) is 0 Å². The fraction of sp³-hybridized carbons (Fsp3) is 0.385. The first-order valence-electron chi connectivity index (χ1n) is 6.21. The Morgan fingerprint density at radius 2 is 2.20 bits per heavy atom. The molecule has 1 aliphatic rings. The minimum absolute atomic E-state index is 0.0133. The lowest BCUT2D eigenvalue weighted by Gasteiger charge is -2.18. The zero-order valence-corrected chi connectivity index (χ0v) is 11.4. The molecule has 0 aromatic heterocycles. The lowest BCUT2D eigenvalue weighted by molar-refractivity contribution is 0.0698. The van der Waals surface area contributed by atoms with Crippen molar-refractivity contribution in [3.8, 4) is 0 Å². The van der Waals surface area contributed by atoms with Gasteiger partial charge in [-0.3, -0.25) is 0 Å². The summed E-state index contributed by atoms with van der Waals surface area (Å²) in [6, 6.07) is 3.83. The molecule has 1 heterocycles. The molecule has 2 rings (SSSR count). The normalized spacial score (nSPS) is 18.1. The van der Waals surface area contributed by atoms with Crippen LogP contribution in [0.15, 0.2) is 18.2 Å². The van der Waals surface area contributed by atoms with Crippen molar-refractivity contribution in [1.29, 1.82) is 0 Å². The molecule has 0 saturated carbocycles. The number of rotatable bonds is 3. The molecule has 2 amide bonds. The Labute approximate surface area is 121 Å². The number of hydrogen-bond donors (Lipinski definition) is 3. The SMILES string of the molecule is O=C(O)c1ccc(Cl)cc1NC(=O)N1CCC(CO)C1. The van der Waals surface area contributed by atoms with Crippen molar-refractivity contribution < 1.29 is 19.8 Å². The van der Waals surface area contributed by atoms with Crippen LogP contribution in [0.4, 0.5) is 10.5 Å². The number of nitrogens with one attached hydrogen (secondary N) is 1. The first kappa shape index (κ1) is 14.6. The molecule has 1 fully saturated rings. The molecule has 1 atom stereocenters. The highest BCUT2D eigenvalue weighted by molar-refractivity contribution is 6.31. The van der Waals surface area contributed by atoms with Crippen LogP contribution < -0.4 is 5.32 Å². The van der Waals surface area contributed by atoms with Crippen LogP contribution in [0, 0.1) is 5.92 Å². The van der Waals surface area contributed by atoms with Crippen molar-refractivity contribution in [2.24, 2.45) is 5.92 Å². The van der Waals surface area contributed by atoms with Crippen molar-refractivity contribution in [2.75, 3.05) is 25.0 Å². The molecule has 0 spiro atoms. The quantitative estimate of drug-likeness (QED) is 0.795. The Morgan fingerprint density at radius 3 is 2.80 bits per heavy atom. The van der Waals surface area contributed by atoms with Gasteiger partial charge in [0.15, 0.2) is 0 Å². The molecule has 1 aromatic carbocycles. The molecular weight excluding hydrogens is 284 g/mol. The summed E-state index contributed by atoms with van der Waals surface area (Å²) in [5.41, 5.74) is 0.156. The summed E-state index contributed by atoms with van der Waals surface area (Å²) in [5, 5.41) is 21.0. The third-order valence-corrected chi connectivity index (χ3v) is 3.52. The summed E-state index contributed by atoms with van der Waals surface area (Å²) in [6.07, 6.45) is 0.741. The molecule has 108 valence electrons. The van der Waals surface area contributed by atoms with Crippen molar-refractivity contribution in [1.82, 2.24) is 4.90 Å². The van der Waals surface area contributed by atoms with Gasteiger partial charge in [-0.05, 0) is 24.6 Å². The highest BCUT2D eigenvalue weighted by atomic mass is 35.5. The molecule has 0 bridgehead atoms. The number of carboxylic acids is 1. The largest absolute Gasteiger partial charge is 0.478 e. The molecular formula is C13H15ClN2O4. The molecule has 0 aliphatic carbocycles. The van der Waals surface area contributed by atoms with Gasteiger partial charge in [-0.1, -0.05) is 11.6 Å². The smallest absolute Gasteiger partial charge is 0.337 e. The van der Waals surface area contributed by atoms with Gasteiger partial charge in [-0.15, -0.1) is 0 Å². The number of carbonyl (C=O) groups is 2. The average molecular weight is 299 g/mol. The lowest BCUT2D eigenvalue weighted by Crippen LogP contribution is -2.33. The second-order valence-corrected chi connectivity index (χ2v) is 5.14. The summed E-state index contributed by atoms with van der Waals surface area (Å²) < 4.78 is 0. The second kappa shape index (κ2) is 6.11. The minimum Gasteiger partial charge on any atom is -0.478 e. The van der Waals surface area contributed by atoms with Gasteiger partial charge in [-0.25, -0.2) is 9.59 Å². The number of aliphatic hydroxyl groups is 1. The van der Waals surface area contributed by atoms with E-state index in [4.69, 9.17) is 21.8 Å². The third-order valence-electron chi connectivity index (χ3n) is 3.28.